The van der Waals surface area contributed by atoms with Crippen LogP contribution in [-0.4, -0.2) is 49.1 Å². The molecule has 6 N–H and O–H groups in total. The van der Waals surface area contributed by atoms with E-state index in [0.29, 0.717) is 77.5 Å². The van der Waals surface area contributed by atoms with Crippen molar-refractivity contribution in [2.45, 2.75) is 39.1 Å². The van der Waals surface area contributed by atoms with Gasteiger partial charge in [-0.05, 0) is 35.4 Å². The smallest absolute Gasteiger partial charge is 0.407 e. The molecule has 16 nitrogen and oxygen atoms in total. The monoisotopic (exact) mass is 830 g/mol. The molecule has 6 heterocycles. The van der Waals surface area contributed by atoms with Crippen LogP contribution in [-0.2, 0) is 43.9 Å². The first-order valence-corrected chi connectivity index (χ1v) is 19.1. The average Bonchev–Trinajstić information content (AvgIpc) is 3.89. The molecule has 312 valence electrons. The van der Waals surface area contributed by atoms with E-state index in [1.54, 1.807) is 6.07 Å². The van der Waals surface area contributed by atoms with Crippen LogP contribution in [0.3, 0.4) is 0 Å². The van der Waals surface area contributed by atoms with Crippen molar-refractivity contribution < 1.29 is 31.9 Å². The fraction of sp³-hybridized carbons (Fsp3) is 0.186. The average molecular weight is 831 g/mol. The first-order chi connectivity index (χ1) is 29.8. The number of carbonyl (C=O) groups excluding carboxylic acids is 1. The van der Waals surface area contributed by atoms with Crippen molar-refractivity contribution in [3.05, 3.63) is 166 Å². The van der Waals surface area contributed by atoms with Crippen LogP contribution >= 0.6 is 0 Å². The van der Waals surface area contributed by atoms with E-state index in [4.69, 9.17) is 24.0 Å². The molecule has 8 rings (SSSR count). The van der Waals surface area contributed by atoms with E-state index in [1.807, 2.05) is 60.7 Å². The summed E-state index contributed by atoms with van der Waals surface area (Å²) in [4.78, 5) is 47.7. The van der Waals surface area contributed by atoms with Gasteiger partial charge in [-0.25, -0.2) is 23.5 Å². The van der Waals surface area contributed by atoms with Gasteiger partial charge >= 0.3 is 6.09 Å². The van der Waals surface area contributed by atoms with Crippen LogP contribution in [0.1, 0.15) is 34.3 Å². The van der Waals surface area contributed by atoms with Crippen molar-refractivity contribution >= 4 is 39.9 Å². The lowest BCUT2D eigenvalue weighted by atomic mass is 10.2. The zero-order chi connectivity index (χ0) is 42.4. The second kappa shape index (κ2) is 20.3. The SMILES string of the molecule is NCCc1nc2c(NCc3ncccc3F)[nH]c(=O)cc2o1.O=C(NCCc1nc2c(NCc3ncccc3F)nc(OCc3ccccc3)cc2o1)OCc1ccccc1. The van der Waals surface area contributed by atoms with Crippen LogP contribution < -0.4 is 32.0 Å². The number of carbonyl (C=O) groups is 1. The van der Waals surface area contributed by atoms with Crippen molar-refractivity contribution in [1.82, 2.24) is 35.2 Å². The third kappa shape index (κ3) is 11.5. The molecule has 0 spiro atoms. The number of nitrogens with one attached hydrogen (secondary N) is 4. The number of fused-ring (bicyclic) bond motifs is 2. The summed E-state index contributed by atoms with van der Waals surface area (Å²) >= 11 is 0. The number of pyridine rings is 4. The normalized spacial score (nSPS) is 10.9. The first kappa shape index (κ1) is 41.4. The van der Waals surface area contributed by atoms with Crippen molar-refractivity contribution in [3.63, 3.8) is 0 Å². The Kier molecular flexibility index (Phi) is 13.8. The number of H-pyrrole nitrogens is 1. The van der Waals surface area contributed by atoms with Crippen molar-refractivity contribution in [3.8, 4) is 5.88 Å². The molecule has 0 fully saturated rings. The second-order valence-corrected chi connectivity index (χ2v) is 13.2. The van der Waals surface area contributed by atoms with Crippen LogP contribution in [0.25, 0.3) is 22.2 Å². The molecule has 0 atom stereocenters. The molecule has 2 aromatic carbocycles. The van der Waals surface area contributed by atoms with Gasteiger partial charge in [-0.15, -0.1) is 0 Å². The number of benzene rings is 2. The number of anilines is 2. The number of amides is 1. The third-order valence-electron chi connectivity index (χ3n) is 8.78. The Morgan fingerprint density at radius 2 is 1.33 bits per heavy atom. The Labute approximate surface area is 346 Å². The number of oxazole rings is 2. The summed E-state index contributed by atoms with van der Waals surface area (Å²) in [7, 11) is 0. The lowest BCUT2D eigenvalue weighted by Crippen LogP contribution is -2.26. The summed E-state index contributed by atoms with van der Waals surface area (Å²) in [5, 5.41) is 8.72. The number of ether oxygens (including phenoxy) is 2. The summed E-state index contributed by atoms with van der Waals surface area (Å²) in [6, 6.07) is 27.8. The fourth-order valence-electron chi connectivity index (χ4n) is 5.82. The molecule has 0 unspecified atom stereocenters. The third-order valence-corrected chi connectivity index (χ3v) is 8.78. The number of halogens is 2. The number of alkyl carbamates (subject to hydrolysis) is 1. The van der Waals surface area contributed by atoms with Crippen molar-refractivity contribution in [1.29, 1.82) is 0 Å². The molecule has 0 aliphatic rings. The molecule has 0 saturated heterocycles. The number of nitrogens with zero attached hydrogens (tertiary/aromatic N) is 5. The van der Waals surface area contributed by atoms with Gasteiger partial charge in [0.2, 0.25) is 5.88 Å². The van der Waals surface area contributed by atoms with Gasteiger partial charge in [0.1, 0.15) is 36.2 Å². The van der Waals surface area contributed by atoms with Crippen LogP contribution in [0.15, 0.2) is 123 Å². The minimum absolute atomic E-state index is 0.0912. The standard InChI is InChI=1S/C29H26FN5O4.C14H14FN5O2/c30-22-12-7-14-31-23(22)17-33-28-27-24(16-26(35-28)37-18-20-8-3-1-4-9-20)39-25(34-27)13-15-32-29(36)38-19-21-10-5-2-6-11-21;15-8-2-1-5-17-9(8)7-18-14-13-10(6-11(21)19-14)22-12(20-13)3-4-16/h1-12,14,16H,13,15,17-19H2,(H,32,36)(H,33,35);1-2,5-6H,3-4,7,16H2,(H2,18,19,21). The van der Waals surface area contributed by atoms with E-state index in [-0.39, 0.29) is 43.2 Å². The maximum atomic E-state index is 14.1. The number of hydrogen-bond acceptors (Lipinski definition) is 14. The maximum absolute atomic E-state index is 14.1. The van der Waals surface area contributed by atoms with Gasteiger partial charge < -0.3 is 45.0 Å². The van der Waals surface area contributed by atoms with E-state index in [1.165, 1.54) is 42.7 Å². The fourth-order valence-corrected chi connectivity index (χ4v) is 5.82. The van der Waals surface area contributed by atoms with E-state index >= 15 is 0 Å². The highest BCUT2D eigenvalue weighted by molar-refractivity contribution is 5.85. The first-order valence-electron chi connectivity index (χ1n) is 19.1. The summed E-state index contributed by atoms with van der Waals surface area (Å²) < 4.78 is 50.2. The minimum Gasteiger partial charge on any atom is -0.473 e. The Bertz CT molecular complexity index is 2750. The molecule has 0 bridgehead atoms. The Balaban J connectivity index is 0.000000215. The zero-order valence-corrected chi connectivity index (χ0v) is 32.6. The van der Waals surface area contributed by atoms with Gasteiger partial charge in [-0.2, -0.15) is 4.98 Å². The molecule has 0 saturated carbocycles. The topological polar surface area (TPSA) is 221 Å². The molecule has 1 amide bonds. The number of aromatic nitrogens is 6. The highest BCUT2D eigenvalue weighted by Gasteiger charge is 2.17. The van der Waals surface area contributed by atoms with Gasteiger partial charge in [-0.1, -0.05) is 60.7 Å². The molecule has 0 aliphatic heterocycles. The van der Waals surface area contributed by atoms with Gasteiger partial charge in [0.25, 0.3) is 5.56 Å². The van der Waals surface area contributed by atoms with E-state index < -0.39 is 17.7 Å². The number of hydrogen-bond donors (Lipinski definition) is 5. The van der Waals surface area contributed by atoms with E-state index in [9.17, 15) is 18.4 Å². The van der Waals surface area contributed by atoms with E-state index in [2.05, 4.69) is 45.9 Å². The van der Waals surface area contributed by atoms with Crippen molar-refractivity contribution in [2.75, 3.05) is 23.7 Å². The Morgan fingerprint density at radius 3 is 1.98 bits per heavy atom. The van der Waals surface area contributed by atoms with E-state index in [0.717, 1.165) is 11.1 Å². The summed E-state index contributed by atoms with van der Waals surface area (Å²) in [6.07, 6.45) is 3.28. The molecule has 8 aromatic rings. The summed E-state index contributed by atoms with van der Waals surface area (Å²) in [5.74, 6) is 1.04. The maximum Gasteiger partial charge on any atom is 0.407 e. The molecule has 18 heteroatoms. The number of rotatable bonds is 16. The van der Waals surface area contributed by atoms with Crippen LogP contribution in [0.4, 0.5) is 25.2 Å². The van der Waals surface area contributed by atoms with Gasteiger partial charge in [0.15, 0.2) is 34.3 Å². The summed E-state index contributed by atoms with van der Waals surface area (Å²) in [5.41, 5.74) is 9.22. The van der Waals surface area contributed by atoms with Gasteiger partial charge in [0.05, 0.1) is 24.5 Å². The highest BCUT2D eigenvalue weighted by atomic mass is 19.1. The number of nitrogens with two attached hydrogens (primary N) is 1. The molecule has 0 aliphatic carbocycles. The second-order valence-electron chi connectivity index (χ2n) is 13.2. The number of aromatic amines is 1. The minimum atomic E-state index is -0.534. The van der Waals surface area contributed by atoms with Gasteiger partial charge in [-0.3, -0.25) is 14.8 Å². The van der Waals surface area contributed by atoms with Crippen LogP contribution in [0, 0.1) is 11.6 Å². The van der Waals surface area contributed by atoms with Gasteiger partial charge in [0, 0.05) is 50.5 Å². The zero-order valence-electron chi connectivity index (χ0n) is 32.6. The predicted molar refractivity (Wildman–Crippen MR) is 221 cm³/mol. The highest BCUT2D eigenvalue weighted by Crippen LogP contribution is 2.28. The predicted octanol–water partition coefficient (Wildman–Crippen LogP) is 6.58. The van der Waals surface area contributed by atoms with Crippen LogP contribution in [0.5, 0.6) is 5.88 Å². The summed E-state index contributed by atoms with van der Waals surface area (Å²) in [6.45, 7) is 1.34. The Hall–Kier alpha value is -7.73. The molecule has 6 aromatic heterocycles. The lowest BCUT2D eigenvalue weighted by molar-refractivity contribution is 0.139. The molecular weight excluding hydrogens is 791 g/mol. The quantitative estimate of drug-likeness (QED) is 0.0695. The largest absolute Gasteiger partial charge is 0.473 e. The molecular formula is C43H40F2N10O6. The molecule has 0 radical (unpaired) electrons. The van der Waals surface area contributed by atoms with Crippen molar-refractivity contribution in [2.24, 2.45) is 5.73 Å². The van der Waals surface area contributed by atoms with Crippen LogP contribution in [0.2, 0.25) is 0 Å². The lowest BCUT2D eigenvalue weighted by Gasteiger charge is -2.09. The molecule has 61 heavy (non-hydrogen) atoms. The Morgan fingerprint density at radius 1 is 0.721 bits per heavy atom.